The smallest absolute Gasteiger partial charge is 0.462 e. The van der Waals surface area contributed by atoms with Crippen LogP contribution >= 0.6 is 7.82 Å². The van der Waals surface area contributed by atoms with Crippen molar-refractivity contribution in [1.29, 1.82) is 0 Å². The lowest BCUT2D eigenvalue weighted by molar-refractivity contribution is -0.341. The maximum Gasteiger partial charge on any atom is 0.466 e. The van der Waals surface area contributed by atoms with Gasteiger partial charge in [-0.2, -0.15) is 0 Å². The molecule has 394 valence electrons. The number of allylic oxidation sites excluding steroid dienone is 3. The molecule has 4 rings (SSSR count). The molecule has 0 radical (unpaired) electrons. The van der Waals surface area contributed by atoms with Gasteiger partial charge in [-0.3, -0.25) is 9.59 Å². The van der Waals surface area contributed by atoms with Gasteiger partial charge in [0.15, 0.2) is 24.7 Å². The third kappa shape index (κ3) is 17.0. The Bertz CT molecular complexity index is 1670. The van der Waals surface area contributed by atoms with Gasteiger partial charge in [0.1, 0.15) is 49.0 Å². The van der Waals surface area contributed by atoms with Crippen LogP contribution in [-0.4, -0.2) is 202 Å². The highest BCUT2D eigenvalue weighted by Crippen LogP contribution is 2.37. The molecular formula is C45H78NO21P. The molecule has 68 heavy (non-hydrogen) atoms. The SMILES string of the molecule is CCC1OC(=O)CC(O)C(C)C(O[C@H]2O[C@H](C)[C@H](O[C@H]3C[C@](C)(O)[C@H](O)[C@H](C)O3)[C@@H](N(C)C)[C@H]2O)C(CC=O)CC(C)C(=O)/C=C/C=C/C1CO[C@@H]1O[C@H](C)[C@@H](O)[C@@H](OC)[C@H]1OC.O=P(O)(O)O. The fraction of sp³-hybridized carbons (Fsp3) is 0.844. The van der Waals surface area contributed by atoms with Gasteiger partial charge in [0.25, 0.3) is 0 Å². The van der Waals surface area contributed by atoms with Crippen LogP contribution in [0, 0.1) is 23.7 Å². The largest absolute Gasteiger partial charge is 0.466 e. The molecule has 23 heteroatoms. The lowest BCUT2D eigenvalue weighted by atomic mass is 9.79. The van der Waals surface area contributed by atoms with Crippen LogP contribution in [0.2, 0.25) is 0 Å². The van der Waals surface area contributed by atoms with Crippen LogP contribution in [0.15, 0.2) is 24.3 Å². The first kappa shape index (κ1) is 60.1. The van der Waals surface area contributed by atoms with Gasteiger partial charge >= 0.3 is 13.8 Å². The van der Waals surface area contributed by atoms with Gasteiger partial charge in [-0.25, -0.2) is 4.57 Å². The van der Waals surface area contributed by atoms with Crippen LogP contribution in [0.5, 0.6) is 0 Å². The highest BCUT2D eigenvalue weighted by atomic mass is 31.2. The number of aliphatic hydroxyl groups excluding tert-OH is 4. The Kier molecular flexibility index (Phi) is 23.9. The Morgan fingerprint density at radius 1 is 0.853 bits per heavy atom. The highest BCUT2D eigenvalue weighted by molar-refractivity contribution is 7.45. The molecule has 8 N–H and O–H groups in total. The molecule has 0 aromatic rings. The van der Waals surface area contributed by atoms with E-state index < -0.39 is 148 Å². The lowest BCUT2D eigenvalue weighted by Crippen LogP contribution is -2.65. The average molecular weight is 1000 g/mol. The Balaban J connectivity index is 0.00000232. The highest BCUT2D eigenvalue weighted by Gasteiger charge is 2.52. The van der Waals surface area contributed by atoms with Crippen LogP contribution in [0.25, 0.3) is 0 Å². The first-order valence-corrected chi connectivity index (χ1v) is 24.6. The van der Waals surface area contributed by atoms with E-state index in [1.165, 1.54) is 27.2 Å². The lowest BCUT2D eigenvalue weighted by Gasteiger charge is -2.50. The fourth-order valence-corrected chi connectivity index (χ4v) is 9.28. The van der Waals surface area contributed by atoms with Gasteiger partial charge in [-0.05, 0) is 66.6 Å². The van der Waals surface area contributed by atoms with Crippen LogP contribution in [0.3, 0.4) is 0 Å². The third-order valence-corrected chi connectivity index (χ3v) is 13.2. The monoisotopic (exact) mass is 999 g/mol. The Morgan fingerprint density at radius 2 is 1.47 bits per heavy atom. The standard InChI is InChI=1S/C45H75NO17.H3O4P/c1-12-32-29(22-57-44-41(56-11)40(55-10)36(51)25(4)59-44)15-13-14-16-30(48)23(2)19-28(17-18-47)38(24(3)31(49)20-33(50)61-32)63-43-37(52)35(46(8)9)39(26(5)60-43)62-34-21-45(7,54)42(53)27(6)58-34;1-5(2,3)4/h13-16,18,23-29,31-32,34-44,49,51-54H,12,17,19-22H2,1-11H3;(H3,1,2,3,4)/b15-13+,16-14+;/t23?,24?,25-,26-,27+,28?,29?,31?,32?,34+,35+,36-,37-,38?,39+,40-,41-,42-,43-,44-,45+;/m1./s1. The zero-order valence-electron chi connectivity index (χ0n) is 41.0. The molecular weight excluding hydrogens is 921 g/mol. The maximum absolute atomic E-state index is 13.7. The predicted octanol–water partition coefficient (Wildman–Crippen LogP) is 0.515. The summed E-state index contributed by atoms with van der Waals surface area (Å²) in [5, 5.41) is 55.6. The van der Waals surface area contributed by atoms with Crippen LogP contribution in [0.4, 0.5) is 0 Å². The summed E-state index contributed by atoms with van der Waals surface area (Å²) in [5.41, 5.74) is -1.49. The van der Waals surface area contributed by atoms with E-state index in [1.807, 2.05) is 6.92 Å². The van der Waals surface area contributed by atoms with E-state index in [0.29, 0.717) is 12.7 Å². The number of phosphoric acid groups is 1. The minimum absolute atomic E-state index is 0.00871. The number of rotatable bonds is 13. The van der Waals surface area contributed by atoms with Crippen LogP contribution < -0.4 is 0 Å². The van der Waals surface area contributed by atoms with Crippen LogP contribution in [-0.2, 0) is 61.6 Å². The summed E-state index contributed by atoms with van der Waals surface area (Å²) in [6.45, 7) is 11.8. The van der Waals surface area contributed by atoms with Crippen molar-refractivity contribution in [3.05, 3.63) is 24.3 Å². The van der Waals surface area contributed by atoms with Crippen molar-refractivity contribution < 1.29 is 102 Å². The summed E-state index contributed by atoms with van der Waals surface area (Å²) in [4.78, 5) is 62.8. The molecule has 3 saturated heterocycles. The number of hydrogen-bond acceptors (Lipinski definition) is 19. The zero-order valence-corrected chi connectivity index (χ0v) is 41.9. The number of ketones is 1. The number of nitrogens with zero attached hydrogens (tertiary/aromatic N) is 1. The number of cyclic esters (lactones) is 1. The van der Waals surface area contributed by atoms with E-state index in [-0.39, 0.29) is 31.7 Å². The number of hydrogen-bond donors (Lipinski definition) is 8. The number of likely N-dealkylation sites (N-methyl/N-ethyl adjacent to an activating group) is 1. The van der Waals surface area contributed by atoms with E-state index in [9.17, 15) is 39.9 Å². The fourth-order valence-electron chi connectivity index (χ4n) is 9.28. The molecule has 22 nitrogen and oxygen atoms in total. The number of ether oxygens (including phenoxy) is 9. The Hall–Kier alpha value is -2.16. The number of carbonyl (C=O) groups is 3. The Morgan fingerprint density at radius 3 is 2.03 bits per heavy atom. The summed E-state index contributed by atoms with van der Waals surface area (Å²) in [5.74, 6) is -3.58. The quantitative estimate of drug-likeness (QED) is 0.0708. The van der Waals surface area contributed by atoms with E-state index in [0.717, 1.165) is 0 Å². The van der Waals surface area contributed by atoms with Crippen molar-refractivity contribution in [2.24, 2.45) is 23.7 Å². The summed E-state index contributed by atoms with van der Waals surface area (Å²) >= 11 is 0. The first-order chi connectivity index (χ1) is 31.7. The number of aldehydes is 1. The summed E-state index contributed by atoms with van der Waals surface area (Å²) in [7, 11) is 1.78. The summed E-state index contributed by atoms with van der Waals surface area (Å²) < 4.78 is 63.3. The van der Waals surface area contributed by atoms with Gasteiger partial charge in [0.05, 0.1) is 55.2 Å². The minimum atomic E-state index is -4.64. The molecule has 7 unspecified atom stereocenters. The molecule has 0 aliphatic carbocycles. The molecule has 3 fully saturated rings. The van der Waals surface area contributed by atoms with Crippen molar-refractivity contribution in [3.63, 3.8) is 0 Å². The van der Waals surface area contributed by atoms with Crippen molar-refractivity contribution in [3.8, 4) is 0 Å². The van der Waals surface area contributed by atoms with Crippen molar-refractivity contribution in [2.45, 2.75) is 184 Å². The number of carbonyl (C=O) groups excluding carboxylic acids is 3. The molecule has 0 aromatic carbocycles. The molecule has 4 aliphatic rings. The Labute approximate surface area is 399 Å². The maximum atomic E-state index is 13.7. The minimum Gasteiger partial charge on any atom is -0.462 e. The van der Waals surface area contributed by atoms with Crippen molar-refractivity contribution >= 4 is 25.9 Å². The first-order valence-electron chi connectivity index (χ1n) is 23.0. The topological polar surface area (TPSA) is 316 Å². The van der Waals surface area contributed by atoms with E-state index in [2.05, 4.69) is 0 Å². The molecule has 0 saturated carbocycles. The van der Waals surface area contributed by atoms with Gasteiger partial charge in [0, 0.05) is 44.8 Å². The third-order valence-electron chi connectivity index (χ3n) is 13.2. The molecule has 0 aromatic heterocycles. The second kappa shape index (κ2) is 27.0. The van der Waals surface area contributed by atoms with E-state index >= 15 is 0 Å². The van der Waals surface area contributed by atoms with Gasteiger partial charge in [-0.1, -0.05) is 39.0 Å². The molecule has 4 aliphatic heterocycles. The number of esters is 1. The predicted molar refractivity (Wildman–Crippen MR) is 240 cm³/mol. The molecule has 4 heterocycles. The van der Waals surface area contributed by atoms with E-state index in [4.69, 9.17) is 61.9 Å². The van der Waals surface area contributed by atoms with Gasteiger partial charge < -0.3 is 92.5 Å². The van der Waals surface area contributed by atoms with Crippen molar-refractivity contribution in [1.82, 2.24) is 4.90 Å². The second-order valence-corrected chi connectivity index (χ2v) is 19.8. The van der Waals surface area contributed by atoms with Gasteiger partial charge in [0.2, 0.25) is 0 Å². The second-order valence-electron chi connectivity index (χ2n) is 18.8. The molecule has 0 amide bonds. The van der Waals surface area contributed by atoms with E-state index in [1.54, 1.807) is 71.8 Å². The van der Waals surface area contributed by atoms with Crippen molar-refractivity contribution in [2.75, 3.05) is 34.9 Å². The summed E-state index contributed by atoms with van der Waals surface area (Å²) in [6.07, 6.45) is -6.99. The average Bonchev–Trinajstić information content (AvgIpc) is 3.24. The summed E-state index contributed by atoms with van der Waals surface area (Å²) in [6, 6.07) is -0.747. The van der Waals surface area contributed by atoms with Crippen LogP contribution in [0.1, 0.15) is 80.6 Å². The zero-order chi connectivity index (χ0) is 51.4. The number of methoxy groups -OCH3 is 2. The normalized spacial score (nSPS) is 43.5. The molecule has 21 atom stereocenters. The molecule has 0 spiro atoms. The van der Waals surface area contributed by atoms with Gasteiger partial charge in [-0.15, -0.1) is 0 Å². The molecule has 0 bridgehead atoms. The number of aliphatic hydroxyl groups is 5.